The quantitative estimate of drug-likeness (QED) is 0.320. The van der Waals surface area contributed by atoms with E-state index in [9.17, 15) is 9.59 Å². The van der Waals surface area contributed by atoms with Crippen LogP contribution in [0.25, 0.3) is 0 Å². The van der Waals surface area contributed by atoms with Gasteiger partial charge in [-0.2, -0.15) is 0 Å². The van der Waals surface area contributed by atoms with Crippen LogP contribution in [0.5, 0.6) is 11.5 Å². The normalized spacial score (nSPS) is 12.2. The molecule has 3 N–H and O–H groups in total. The van der Waals surface area contributed by atoms with Gasteiger partial charge in [0, 0.05) is 23.7 Å². The lowest BCUT2D eigenvalue weighted by Crippen LogP contribution is -2.22. The van der Waals surface area contributed by atoms with Gasteiger partial charge in [-0.15, -0.1) is 0 Å². The molecule has 186 valence electrons. The molecule has 0 aliphatic carbocycles. The first kappa shape index (κ1) is 27.7. The fourth-order valence-electron chi connectivity index (χ4n) is 4.09. The molecule has 0 saturated carbocycles. The number of carbonyl (C=O) groups excluding carboxylic acids is 2. The van der Waals surface area contributed by atoms with Crippen molar-refractivity contribution in [1.82, 2.24) is 0 Å². The number of primary amides is 1. The number of nitrogens with one attached hydrogen (secondary N) is 1. The van der Waals surface area contributed by atoms with Gasteiger partial charge >= 0.3 is 0 Å². The van der Waals surface area contributed by atoms with Crippen LogP contribution in [0.2, 0.25) is 0 Å². The average molecular weight is 534 g/mol. The molecule has 1 atom stereocenters. The minimum atomic E-state index is -0.527. The summed E-state index contributed by atoms with van der Waals surface area (Å²) in [5.41, 5.74) is 8.15. The van der Waals surface area contributed by atoms with Crippen LogP contribution >= 0.6 is 15.9 Å². The zero-order chi connectivity index (χ0) is 25.5. The number of carbonyl (C=O) groups is 2. The molecule has 1 unspecified atom stereocenters. The predicted octanol–water partition coefficient (Wildman–Crippen LogP) is 6.56. The van der Waals surface area contributed by atoms with E-state index in [2.05, 4.69) is 48.9 Å². The Kier molecular flexibility index (Phi) is 9.98. The van der Waals surface area contributed by atoms with Crippen LogP contribution in [-0.2, 0) is 10.2 Å². The van der Waals surface area contributed by atoms with E-state index < -0.39 is 5.91 Å². The van der Waals surface area contributed by atoms with E-state index in [-0.39, 0.29) is 23.7 Å². The zero-order valence-corrected chi connectivity index (χ0v) is 22.7. The largest absolute Gasteiger partial charge is 0.496 e. The van der Waals surface area contributed by atoms with Gasteiger partial charge in [0.25, 0.3) is 0 Å². The van der Waals surface area contributed by atoms with Crippen molar-refractivity contribution in [1.29, 1.82) is 0 Å². The monoisotopic (exact) mass is 532 g/mol. The first-order valence-corrected chi connectivity index (χ1v) is 12.5. The minimum Gasteiger partial charge on any atom is -0.496 e. The SMILES string of the molecule is CCCCCC(CC(=O)Nc1cc(C(N)=O)ccc1C(C)(C)C)c1cc(Br)c(OC)cc1OC. The van der Waals surface area contributed by atoms with Crippen molar-refractivity contribution in [2.24, 2.45) is 5.73 Å². The van der Waals surface area contributed by atoms with E-state index in [1.807, 2.05) is 18.2 Å². The smallest absolute Gasteiger partial charge is 0.248 e. The number of halogens is 1. The molecule has 0 spiro atoms. The Balaban J connectivity index is 2.39. The van der Waals surface area contributed by atoms with Crippen molar-refractivity contribution in [2.45, 2.75) is 71.1 Å². The molecular formula is C27H37BrN2O4. The van der Waals surface area contributed by atoms with Gasteiger partial charge in [0.1, 0.15) is 11.5 Å². The number of methoxy groups -OCH3 is 2. The Labute approximate surface area is 211 Å². The first-order valence-electron chi connectivity index (χ1n) is 11.7. The fraction of sp³-hybridized carbons (Fsp3) is 0.481. The molecule has 2 aromatic carbocycles. The summed E-state index contributed by atoms with van der Waals surface area (Å²) < 4.78 is 11.9. The Morgan fingerprint density at radius 1 is 1.06 bits per heavy atom. The van der Waals surface area contributed by atoms with Crippen molar-refractivity contribution < 1.29 is 19.1 Å². The topological polar surface area (TPSA) is 90.7 Å². The highest BCUT2D eigenvalue weighted by Crippen LogP contribution is 2.40. The summed E-state index contributed by atoms with van der Waals surface area (Å²) in [4.78, 5) is 25.0. The average Bonchev–Trinajstić information content (AvgIpc) is 2.77. The standard InChI is InChI=1S/C27H37BrN2O4/c1-7-8-9-10-17(19-15-21(28)24(34-6)16-23(19)33-5)14-25(31)30-22-13-18(26(29)32)11-12-20(22)27(2,3)4/h11-13,15-17H,7-10,14H2,1-6H3,(H2,29,32)(H,30,31). The number of ether oxygens (including phenoxy) is 2. The lowest BCUT2D eigenvalue weighted by molar-refractivity contribution is -0.116. The second kappa shape index (κ2) is 12.2. The Hall–Kier alpha value is -2.54. The highest BCUT2D eigenvalue weighted by molar-refractivity contribution is 9.10. The van der Waals surface area contributed by atoms with E-state index in [0.717, 1.165) is 41.3 Å². The van der Waals surface area contributed by atoms with E-state index in [1.54, 1.807) is 26.4 Å². The summed E-state index contributed by atoms with van der Waals surface area (Å²) in [6.07, 6.45) is 4.32. The van der Waals surface area contributed by atoms with Crippen LogP contribution in [0.1, 0.15) is 87.2 Å². The molecule has 0 radical (unpaired) electrons. The van der Waals surface area contributed by atoms with Crippen molar-refractivity contribution in [2.75, 3.05) is 19.5 Å². The summed E-state index contributed by atoms with van der Waals surface area (Å²) in [7, 11) is 3.23. The summed E-state index contributed by atoms with van der Waals surface area (Å²) in [5.74, 6) is 0.681. The van der Waals surface area contributed by atoms with Crippen molar-refractivity contribution in [3.63, 3.8) is 0 Å². The fourth-order valence-corrected chi connectivity index (χ4v) is 4.61. The van der Waals surface area contributed by atoms with E-state index >= 15 is 0 Å². The summed E-state index contributed by atoms with van der Waals surface area (Å²) >= 11 is 3.57. The molecule has 0 aromatic heterocycles. The van der Waals surface area contributed by atoms with Gasteiger partial charge in [-0.25, -0.2) is 0 Å². The van der Waals surface area contributed by atoms with Gasteiger partial charge in [-0.3, -0.25) is 9.59 Å². The number of benzene rings is 2. The van der Waals surface area contributed by atoms with Crippen LogP contribution < -0.4 is 20.5 Å². The summed E-state index contributed by atoms with van der Waals surface area (Å²) in [6, 6.07) is 9.05. The zero-order valence-electron chi connectivity index (χ0n) is 21.1. The maximum atomic E-state index is 13.3. The molecule has 6 nitrogen and oxygen atoms in total. The highest BCUT2D eigenvalue weighted by atomic mass is 79.9. The Morgan fingerprint density at radius 2 is 1.74 bits per heavy atom. The Morgan fingerprint density at radius 3 is 2.29 bits per heavy atom. The lowest BCUT2D eigenvalue weighted by Gasteiger charge is -2.25. The number of nitrogens with two attached hydrogens (primary N) is 1. The maximum absolute atomic E-state index is 13.3. The number of anilines is 1. The van der Waals surface area contributed by atoms with Gasteiger partial charge in [0.15, 0.2) is 0 Å². The third-order valence-electron chi connectivity index (χ3n) is 5.92. The second-order valence-corrected chi connectivity index (χ2v) is 10.4. The molecule has 0 saturated heterocycles. The molecule has 2 aromatic rings. The molecular weight excluding hydrogens is 496 g/mol. The predicted molar refractivity (Wildman–Crippen MR) is 141 cm³/mol. The van der Waals surface area contributed by atoms with Crippen LogP contribution in [0, 0.1) is 0 Å². The number of rotatable bonds is 11. The summed E-state index contributed by atoms with van der Waals surface area (Å²) in [5, 5.41) is 3.05. The molecule has 2 rings (SSSR count). The molecule has 0 aliphatic rings. The van der Waals surface area contributed by atoms with Gasteiger partial charge in [-0.1, -0.05) is 53.0 Å². The van der Waals surface area contributed by atoms with Gasteiger partial charge in [0.2, 0.25) is 11.8 Å². The maximum Gasteiger partial charge on any atom is 0.248 e. The third kappa shape index (κ3) is 7.23. The van der Waals surface area contributed by atoms with Crippen LogP contribution in [0.3, 0.4) is 0 Å². The Bertz CT molecular complexity index is 1010. The molecule has 2 amide bonds. The van der Waals surface area contributed by atoms with Crippen LogP contribution in [-0.4, -0.2) is 26.0 Å². The lowest BCUT2D eigenvalue weighted by atomic mass is 9.84. The minimum absolute atomic E-state index is 0.0406. The number of hydrogen-bond donors (Lipinski definition) is 2. The van der Waals surface area contributed by atoms with Crippen molar-refractivity contribution >= 4 is 33.4 Å². The number of amides is 2. The third-order valence-corrected chi connectivity index (χ3v) is 6.54. The van der Waals surface area contributed by atoms with Crippen LogP contribution in [0.4, 0.5) is 5.69 Å². The molecule has 0 bridgehead atoms. The van der Waals surface area contributed by atoms with Crippen molar-refractivity contribution in [3.8, 4) is 11.5 Å². The molecule has 34 heavy (non-hydrogen) atoms. The van der Waals surface area contributed by atoms with Crippen molar-refractivity contribution in [3.05, 3.63) is 51.5 Å². The summed E-state index contributed by atoms with van der Waals surface area (Å²) in [6.45, 7) is 8.35. The first-order chi connectivity index (χ1) is 16.0. The molecule has 0 aliphatic heterocycles. The van der Waals surface area contributed by atoms with Crippen LogP contribution in [0.15, 0.2) is 34.8 Å². The second-order valence-electron chi connectivity index (χ2n) is 9.55. The van der Waals surface area contributed by atoms with E-state index in [1.165, 1.54) is 0 Å². The van der Waals surface area contributed by atoms with Gasteiger partial charge in [-0.05, 0) is 63.0 Å². The highest BCUT2D eigenvalue weighted by Gasteiger charge is 2.24. The van der Waals surface area contributed by atoms with E-state index in [4.69, 9.17) is 15.2 Å². The van der Waals surface area contributed by atoms with E-state index in [0.29, 0.717) is 22.7 Å². The molecule has 7 heteroatoms. The van der Waals surface area contributed by atoms with Gasteiger partial charge < -0.3 is 20.5 Å². The number of hydrogen-bond acceptors (Lipinski definition) is 4. The number of unbranched alkanes of at least 4 members (excludes halogenated alkanes) is 2. The molecule has 0 fully saturated rings. The van der Waals surface area contributed by atoms with Gasteiger partial charge in [0.05, 0.1) is 18.7 Å². The molecule has 0 heterocycles.